The Labute approximate surface area is 174 Å². The number of likely N-dealkylation sites (tertiary alicyclic amines) is 2. The molecule has 1 unspecified atom stereocenters. The Bertz CT molecular complexity index is 711. The summed E-state index contributed by atoms with van der Waals surface area (Å²) >= 11 is 0. The summed E-state index contributed by atoms with van der Waals surface area (Å²) in [5.41, 5.74) is 10.8. The minimum atomic E-state index is -1.32. The second kappa shape index (κ2) is 10.0. The molecule has 6 N–H and O–H groups in total. The first kappa shape index (κ1) is 23.8. The summed E-state index contributed by atoms with van der Waals surface area (Å²) in [5, 5.41) is 26.1. The fourth-order valence-electron chi connectivity index (χ4n) is 3.65. The van der Waals surface area contributed by atoms with Crippen LogP contribution in [-0.2, 0) is 19.2 Å². The van der Waals surface area contributed by atoms with Crippen molar-refractivity contribution in [1.29, 1.82) is 0 Å². The molecule has 0 saturated carbocycles. The molecular weight excluding hydrogens is 396 g/mol. The lowest BCUT2D eigenvalue weighted by Crippen LogP contribution is -2.54. The van der Waals surface area contributed by atoms with Gasteiger partial charge in [0.25, 0.3) is 5.91 Å². The quantitative estimate of drug-likeness (QED) is 0.330. The van der Waals surface area contributed by atoms with E-state index in [1.807, 2.05) is 0 Å². The summed E-state index contributed by atoms with van der Waals surface area (Å²) in [7, 11) is 0. The molecule has 12 nitrogen and oxygen atoms in total. The molecule has 12 heteroatoms. The monoisotopic (exact) mass is 426 g/mol. The number of nitrogens with zero attached hydrogens (tertiary/aromatic N) is 4. The zero-order chi connectivity index (χ0) is 22.6. The van der Waals surface area contributed by atoms with Gasteiger partial charge < -0.3 is 31.5 Å². The Morgan fingerprint density at radius 2 is 1.73 bits per heavy atom. The molecule has 2 saturated heterocycles. The summed E-state index contributed by atoms with van der Waals surface area (Å²) < 4.78 is 0. The fraction of sp³-hybridized carbons (Fsp3) is 0.778. The van der Waals surface area contributed by atoms with Gasteiger partial charge in [-0.1, -0.05) is 0 Å². The van der Waals surface area contributed by atoms with Crippen molar-refractivity contribution in [2.24, 2.45) is 27.6 Å². The van der Waals surface area contributed by atoms with Crippen LogP contribution in [0.2, 0.25) is 0 Å². The molecule has 2 heterocycles. The molecule has 0 bridgehead atoms. The summed E-state index contributed by atoms with van der Waals surface area (Å²) in [4.78, 5) is 51.8. The number of amides is 4. The molecule has 2 aliphatic rings. The number of hydrogen-bond donors (Lipinski definition) is 4. The van der Waals surface area contributed by atoms with Gasteiger partial charge in [-0.25, -0.2) is 0 Å². The van der Waals surface area contributed by atoms with E-state index in [-0.39, 0.29) is 12.5 Å². The largest absolute Gasteiger partial charge is 0.391 e. The standard InChI is InChI=1S/C18H30N6O6/c1-9(25)13(19)18(30)24-6-3-4-12(24)17(29)23-7-5-11(8-23)16(28)22-21-14(10(2)26)15(20)27/h9-14,25-26H,3-8,19H2,1-2H3,(H2,20,27)/t9-,10-,11?,12+,13+,14+/m1/s1. The summed E-state index contributed by atoms with van der Waals surface area (Å²) in [5.74, 6) is -2.84. The molecule has 168 valence electrons. The Balaban J connectivity index is 1.99. The van der Waals surface area contributed by atoms with Crippen molar-refractivity contribution in [2.75, 3.05) is 19.6 Å². The van der Waals surface area contributed by atoms with Crippen LogP contribution in [0.5, 0.6) is 0 Å². The van der Waals surface area contributed by atoms with Crippen molar-refractivity contribution in [2.45, 2.75) is 63.4 Å². The SMILES string of the molecule is C[C@@H](O)[C@H](N)C(=O)N1CCC[C@H]1C(=O)N1CCC(C(=O)N=N[C@H](C(N)=O)[C@@H](C)O)C1. The second-order valence-corrected chi connectivity index (χ2v) is 7.87. The maximum Gasteiger partial charge on any atom is 0.269 e. The van der Waals surface area contributed by atoms with E-state index < -0.39 is 54.0 Å². The van der Waals surface area contributed by atoms with E-state index in [1.165, 1.54) is 23.6 Å². The number of aliphatic hydroxyl groups is 2. The van der Waals surface area contributed by atoms with Gasteiger partial charge in [-0.2, -0.15) is 5.11 Å². The molecule has 0 aromatic carbocycles. The first-order valence-electron chi connectivity index (χ1n) is 9.99. The van der Waals surface area contributed by atoms with Crippen LogP contribution in [0.1, 0.15) is 33.1 Å². The number of carbonyl (C=O) groups excluding carboxylic acids is 4. The van der Waals surface area contributed by atoms with Gasteiger partial charge in [-0.15, -0.1) is 5.11 Å². The second-order valence-electron chi connectivity index (χ2n) is 7.87. The Morgan fingerprint density at radius 1 is 1.07 bits per heavy atom. The van der Waals surface area contributed by atoms with Gasteiger partial charge in [-0.3, -0.25) is 19.2 Å². The predicted molar refractivity (Wildman–Crippen MR) is 104 cm³/mol. The first-order valence-corrected chi connectivity index (χ1v) is 9.99. The number of aliphatic hydroxyl groups excluding tert-OH is 2. The third kappa shape index (κ3) is 5.37. The van der Waals surface area contributed by atoms with Gasteiger partial charge in [0.15, 0.2) is 6.04 Å². The average Bonchev–Trinajstić information content (AvgIpc) is 3.35. The summed E-state index contributed by atoms with van der Waals surface area (Å²) in [6, 6.07) is -3.09. The molecule has 0 aromatic heterocycles. The Kier molecular flexibility index (Phi) is 7.98. The third-order valence-electron chi connectivity index (χ3n) is 5.50. The van der Waals surface area contributed by atoms with Crippen LogP contribution >= 0.6 is 0 Å². The van der Waals surface area contributed by atoms with Gasteiger partial charge in [0, 0.05) is 19.6 Å². The summed E-state index contributed by atoms with van der Waals surface area (Å²) in [6.45, 7) is 3.55. The van der Waals surface area contributed by atoms with E-state index in [2.05, 4.69) is 10.2 Å². The molecule has 6 atom stereocenters. The third-order valence-corrected chi connectivity index (χ3v) is 5.50. The van der Waals surface area contributed by atoms with Crippen molar-refractivity contribution in [3.05, 3.63) is 0 Å². The van der Waals surface area contributed by atoms with Crippen LogP contribution in [0.4, 0.5) is 0 Å². The van der Waals surface area contributed by atoms with Crippen LogP contribution in [0, 0.1) is 5.92 Å². The molecular formula is C18H30N6O6. The lowest BCUT2D eigenvalue weighted by atomic mass is 10.1. The number of nitrogens with two attached hydrogens (primary N) is 2. The van der Waals surface area contributed by atoms with E-state index in [9.17, 15) is 29.4 Å². The Hall–Kier alpha value is -2.44. The maximum absolute atomic E-state index is 12.9. The van der Waals surface area contributed by atoms with E-state index in [0.717, 1.165) is 0 Å². The number of primary amides is 1. The maximum atomic E-state index is 12.9. The van der Waals surface area contributed by atoms with Gasteiger partial charge in [0.05, 0.1) is 18.1 Å². The number of rotatable bonds is 7. The predicted octanol–water partition coefficient (Wildman–Crippen LogP) is -2.25. The van der Waals surface area contributed by atoms with E-state index in [1.54, 1.807) is 0 Å². The average molecular weight is 426 g/mol. The highest BCUT2D eigenvalue weighted by Gasteiger charge is 2.41. The molecule has 0 spiro atoms. The zero-order valence-electron chi connectivity index (χ0n) is 17.2. The number of azo groups is 1. The van der Waals surface area contributed by atoms with Crippen molar-refractivity contribution >= 4 is 23.6 Å². The molecule has 2 rings (SSSR count). The molecule has 0 aliphatic carbocycles. The van der Waals surface area contributed by atoms with Crippen molar-refractivity contribution in [3.8, 4) is 0 Å². The van der Waals surface area contributed by atoms with Crippen molar-refractivity contribution in [3.63, 3.8) is 0 Å². The fourth-order valence-corrected chi connectivity index (χ4v) is 3.65. The molecule has 4 amide bonds. The van der Waals surface area contributed by atoms with Crippen LogP contribution in [0.3, 0.4) is 0 Å². The molecule has 2 fully saturated rings. The minimum Gasteiger partial charge on any atom is -0.391 e. The zero-order valence-corrected chi connectivity index (χ0v) is 17.2. The first-order chi connectivity index (χ1) is 14.0. The van der Waals surface area contributed by atoms with Crippen LogP contribution < -0.4 is 11.5 Å². The van der Waals surface area contributed by atoms with Crippen LogP contribution in [0.15, 0.2) is 10.2 Å². The van der Waals surface area contributed by atoms with E-state index >= 15 is 0 Å². The van der Waals surface area contributed by atoms with Crippen molar-refractivity contribution in [1.82, 2.24) is 9.80 Å². The van der Waals surface area contributed by atoms with Gasteiger partial charge in [0.2, 0.25) is 17.7 Å². The lowest BCUT2D eigenvalue weighted by molar-refractivity contribution is -0.145. The highest BCUT2D eigenvalue weighted by molar-refractivity contribution is 5.91. The lowest BCUT2D eigenvalue weighted by Gasteiger charge is -2.30. The van der Waals surface area contributed by atoms with Crippen molar-refractivity contribution < 1.29 is 29.4 Å². The van der Waals surface area contributed by atoms with Gasteiger partial charge >= 0.3 is 0 Å². The Morgan fingerprint density at radius 3 is 2.30 bits per heavy atom. The molecule has 30 heavy (non-hydrogen) atoms. The normalized spacial score (nSPS) is 25.9. The van der Waals surface area contributed by atoms with Gasteiger partial charge in [-0.05, 0) is 33.1 Å². The highest BCUT2D eigenvalue weighted by Crippen LogP contribution is 2.25. The van der Waals surface area contributed by atoms with Gasteiger partial charge in [0.1, 0.15) is 12.1 Å². The molecule has 0 radical (unpaired) electrons. The van der Waals surface area contributed by atoms with E-state index in [4.69, 9.17) is 11.5 Å². The van der Waals surface area contributed by atoms with E-state index in [0.29, 0.717) is 32.4 Å². The topological polar surface area (TPSA) is 192 Å². The number of carbonyl (C=O) groups is 4. The van der Waals surface area contributed by atoms with Crippen LogP contribution in [-0.4, -0.2) is 93.6 Å². The molecule has 2 aliphatic heterocycles. The number of hydrogen-bond acceptors (Lipinski definition) is 8. The molecule has 0 aromatic rings. The highest BCUT2D eigenvalue weighted by atomic mass is 16.3. The van der Waals surface area contributed by atoms with Crippen LogP contribution in [0.25, 0.3) is 0 Å². The smallest absolute Gasteiger partial charge is 0.269 e. The minimum absolute atomic E-state index is 0.119. The summed E-state index contributed by atoms with van der Waals surface area (Å²) in [6.07, 6.45) is -0.709.